The summed E-state index contributed by atoms with van der Waals surface area (Å²) < 4.78 is 11.0. The summed E-state index contributed by atoms with van der Waals surface area (Å²) in [6, 6.07) is 25.1. The van der Waals surface area contributed by atoms with Crippen molar-refractivity contribution < 1.29 is 9.47 Å². The van der Waals surface area contributed by atoms with Gasteiger partial charge in [-0.3, -0.25) is 4.79 Å². The minimum Gasteiger partial charge on any atom is -0.497 e. The molecule has 0 unspecified atom stereocenters. The van der Waals surface area contributed by atoms with Gasteiger partial charge in [0.1, 0.15) is 11.5 Å². The maximum atomic E-state index is 11.1. The predicted octanol–water partition coefficient (Wildman–Crippen LogP) is 7.16. The number of aryl methyl sites for hydroxylation is 1. The van der Waals surface area contributed by atoms with Crippen molar-refractivity contribution in [1.82, 2.24) is 9.97 Å². The Morgan fingerprint density at radius 1 is 0.800 bits per heavy atom. The van der Waals surface area contributed by atoms with Crippen molar-refractivity contribution in [3.8, 4) is 11.5 Å². The number of rotatable bonds is 4. The normalized spacial score (nSPS) is 15.8. The lowest BCUT2D eigenvalue weighted by Crippen LogP contribution is -2.46. The standard InChI is InChI=1S/C30H32N2O2.C8H6N2O/c1-33-24-10-14-29(30(20-24)34-2)32-17-15-31(16-18-32)23-9-13-26-22(19-23)8-12-27-25-6-4-3-5-21(25)7-11-28(26)27;11-8-6-3-1-2-4-7(6)9-5-10-8/h4,6,8-10,12-14,19-20H,3,5,7,11,15-18H2,1-2H3;1-5H,(H,9,10,11). The first-order valence-electron chi connectivity index (χ1n) is 15.7. The zero-order chi connectivity index (χ0) is 30.8. The molecule has 7 nitrogen and oxygen atoms in total. The van der Waals surface area contributed by atoms with E-state index in [0.717, 1.165) is 48.9 Å². The quantitative estimate of drug-likeness (QED) is 0.237. The molecule has 1 aliphatic heterocycles. The average Bonchev–Trinajstić information content (AvgIpc) is 3.11. The van der Waals surface area contributed by atoms with Crippen LogP contribution in [0.1, 0.15) is 30.4 Å². The number of nitrogens with zero attached hydrogens (tertiary/aromatic N) is 3. The van der Waals surface area contributed by atoms with Crippen molar-refractivity contribution in [2.75, 3.05) is 50.2 Å². The van der Waals surface area contributed by atoms with Crippen molar-refractivity contribution in [2.45, 2.75) is 25.7 Å². The number of ether oxygens (including phenoxy) is 2. The summed E-state index contributed by atoms with van der Waals surface area (Å²) in [5.74, 6) is 1.69. The molecule has 0 radical (unpaired) electrons. The van der Waals surface area contributed by atoms with E-state index >= 15 is 0 Å². The van der Waals surface area contributed by atoms with Crippen LogP contribution in [0.2, 0.25) is 0 Å². The lowest BCUT2D eigenvalue weighted by Gasteiger charge is -2.38. The Kier molecular flexibility index (Phi) is 7.99. The molecule has 2 aliphatic carbocycles. The number of methoxy groups -OCH3 is 2. The number of allylic oxidation sites excluding steroid dienone is 4. The van der Waals surface area contributed by atoms with Crippen LogP contribution in [0.15, 0.2) is 102 Å². The minimum absolute atomic E-state index is 0.0874. The van der Waals surface area contributed by atoms with Gasteiger partial charge >= 0.3 is 0 Å². The van der Waals surface area contributed by atoms with E-state index in [0.29, 0.717) is 5.39 Å². The molecule has 1 aromatic heterocycles. The first-order chi connectivity index (χ1) is 22.1. The molecule has 1 N–H and O–H groups in total. The molecule has 3 aliphatic rings. The van der Waals surface area contributed by atoms with Crippen LogP contribution in [0.3, 0.4) is 0 Å². The van der Waals surface area contributed by atoms with Crippen LogP contribution in [-0.2, 0) is 6.42 Å². The molecule has 5 aromatic rings. The number of H-pyrrole nitrogens is 1. The van der Waals surface area contributed by atoms with Crippen LogP contribution in [0.25, 0.3) is 27.2 Å². The molecule has 0 spiro atoms. The molecule has 0 atom stereocenters. The number of hydrogen-bond acceptors (Lipinski definition) is 6. The van der Waals surface area contributed by atoms with Gasteiger partial charge in [0.15, 0.2) is 0 Å². The SMILES string of the molecule is COc1ccc(N2CCN(c3ccc4c5c(ccc4c3)C3=C(CCC=C3)CC5)CC2)c(OC)c1.O=c1[nH]cnc2ccccc12. The number of fused-ring (bicyclic) bond motifs is 5. The van der Waals surface area contributed by atoms with Gasteiger partial charge in [-0.15, -0.1) is 0 Å². The number of hydrogen-bond donors (Lipinski definition) is 1. The summed E-state index contributed by atoms with van der Waals surface area (Å²) in [5, 5.41) is 3.42. The lowest BCUT2D eigenvalue weighted by molar-refractivity contribution is 0.394. The Balaban J connectivity index is 0.000000249. The Morgan fingerprint density at radius 3 is 2.47 bits per heavy atom. The third-order valence-electron chi connectivity index (χ3n) is 9.28. The van der Waals surface area contributed by atoms with E-state index in [1.165, 1.54) is 65.2 Å². The predicted molar refractivity (Wildman–Crippen MR) is 184 cm³/mol. The Bertz CT molecular complexity index is 1980. The Morgan fingerprint density at radius 2 is 1.64 bits per heavy atom. The van der Waals surface area contributed by atoms with Crippen molar-refractivity contribution in [1.29, 1.82) is 0 Å². The van der Waals surface area contributed by atoms with E-state index in [1.807, 2.05) is 30.3 Å². The number of benzene rings is 4. The number of anilines is 2. The third kappa shape index (κ3) is 5.66. The van der Waals surface area contributed by atoms with Crippen LogP contribution >= 0.6 is 0 Å². The number of nitrogens with one attached hydrogen (secondary N) is 1. The number of aromatic amines is 1. The fraction of sp³-hybridized carbons (Fsp3) is 0.263. The van der Waals surface area contributed by atoms with Crippen molar-refractivity contribution in [3.63, 3.8) is 0 Å². The molecule has 0 saturated carbocycles. The first kappa shape index (κ1) is 28.7. The summed E-state index contributed by atoms with van der Waals surface area (Å²) >= 11 is 0. The molecule has 1 saturated heterocycles. The summed E-state index contributed by atoms with van der Waals surface area (Å²) in [5.41, 5.74) is 9.23. The third-order valence-corrected chi connectivity index (χ3v) is 9.28. The van der Waals surface area contributed by atoms with E-state index < -0.39 is 0 Å². The second-order valence-electron chi connectivity index (χ2n) is 11.7. The molecule has 45 heavy (non-hydrogen) atoms. The molecule has 8 rings (SSSR count). The van der Waals surface area contributed by atoms with Gasteiger partial charge in [0, 0.05) is 37.9 Å². The van der Waals surface area contributed by atoms with E-state index in [4.69, 9.17) is 9.47 Å². The zero-order valence-electron chi connectivity index (χ0n) is 25.9. The number of piperazine rings is 1. The van der Waals surface area contributed by atoms with E-state index in [-0.39, 0.29) is 5.56 Å². The van der Waals surface area contributed by atoms with E-state index in [1.54, 1.807) is 25.9 Å². The molecule has 0 bridgehead atoms. The molecule has 1 fully saturated rings. The smallest absolute Gasteiger partial charge is 0.258 e. The highest BCUT2D eigenvalue weighted by Gasteiger charge is 2.23. The molecule has 228 valence electrons. The maximum Gasteiger partial charge on any atom is 0.258 e. The topological polar surface area (TPSA) is 70.7 Å². The van der Waals surface area contributed by atoms with Crippen LogP contribution in [0.4, 0.5) is 11.4 Å². The fourth-order valence-electron chi connectivity index (χ4n) is 6.90. The number of aromatic nitrogens is 2. The molecular weight excluding hydrogens is 560 g/mol. The highest BCUT2D eigenvalue weighted by molar-refractivity contribution is 5.95. The zero-order valence-corrected chi connectivity index (χ0v) is 25.9. The number of para-hydroxylation sites is 1. The highest BCUT2D eigenvalue weighted by atomic mass is 16.5. The van der Waals surface area contributed by atoms with Gasteiger partial charge in [0.25, 0.3) is 5.56 Å². The Hall–Kier alpha value is -5.04. The van der Waals surface area contributed by atoms with Gasteiger partial charge in [-0.1, -0.05) is 48.1 Å². The maximum absolute atomic E-state index is 11.1. The van der Waals surface area contributed by atoms with Gasteiger partial charge in [0.05, 0.1) is 37.1 Å². The first-order valence-corrected chi connectivity index (χ1v) is 15.7. The minimum atomic E-state index is -0.0874. The fourth-order valence-corrected chi connectivity index (χ4v) is 6.90. The molecule has 0 amide bonds. The van der Waals surface area contributed by atoms with Crippen molar-refractivity contribution in [2.24, 2.45) is 0 Å². The molecule has 4 aromatic carbocycles. The highest BCUT2D eigenvalue weighted by Crippen LogP contribution is 2.40. The van der Waals surface area contributed by atoms with Gasteiger partial charge in [0.2, 0.25) is 0 Å². The van der Waals surface area contributed by atoms with E-state index in [2.05, 4.69) is 68.3 Å². The molecule has 7 heteroatoms. The van der Waals surface area contributed by atoms with Crippen LogP contribution in [0, 0.1) is 0 Å². The average molecular weight is 599 g/mol. The largest absolute Gasteiger partial charge is 0.497 e. The monoisotopic (exact) mass is 598 g/mol. The molecule has 2 heterocycles. The second kappa shape index (κ2) is 12.5. The van der Waals surface area contributed by atoms with Crippen molar-refractivity contribution in [3.05, 3.63) is 118 Å². The lowest BCUT2D eigenvalue weighted by atomic mass is 9.79. The summed E-state index contributed by atoms with van der Waals surface area (Å²) in [4.78, 5) is 22.5. The summed E-state index contributed by atoms with van der Waals surface area (Å²) in [6.45, 7) is 3.92. The van der Waals surface area contributed by atoms with Gasteiger partial charge in [-0.25, -0.2) is 4.98 Å². The van der Waals surface area contributed by atoms with Crippen LogP contribution < -0.4 is 24.8 Å². The molecular formula is C38H38N4O3. The van der Waals surface area contributed by atoms with Crippen molar-refractivity contribution >= 4 is 38.6 Å². The van der Waals surface area contributed by atoms with Crippen LogP contribution in [0.5, 0.6) is 11.5 Å². The van der Waals surface area contributed by atoms with Gasteiger partial charge in [-0.05, 0) is 89.6 Å². The van der Waals surface area contributed by atoms with Gasteiger partial charge < -0.3 is 24.3 Å². The summed E-state index contributed by atoms with van der Waals surface area (Å²) in [7, 11) is 3.42. The van der Waals surface area contributed by atoms with Gasteiger partial charge in [-0.2, -0.15) is 0 Å². The second-order valence-corrected chi connectivity index (χ2v) is 11.7. The summed E-state index contributed by atoms with van der Waals surface area (Å²) in [6.07, 6.45) is 10.9. The van der Waals surface area contributed by atoms with E-state index in [9.17, 15) is 4.79 Å². The Labute approximate surface area is 263 Å². The van der Waals surface area contributed by atoms with Crippen LogP contribution in [-0.4, -0.2) is 50.4 Å².